The SMILES string of the molecule is COc1ccc(OC(=O)C2C3CCC(=O)C32)cc1. The van der Waals surface area contributed by atoms with E-state index < -0.39 is 0 Å². The van der Waals surface area contributed by atoms with E-state index in [4.69, 9.17) is 9.47 Å². The summed E-state index contributed by atoms with van der Waals surface area (Å²) in [6.45, 7) is 0. The second-order valence-electron chi connectivity index (χ2n) is 4.82. The zero-order chi connectivity index (χ0) is 12.7. The van der Waals surface area contributed by atoms with Crippen molar-refractivity contribution in [1.29, 1.82) is 0 Å². The van der Waals surface area contributed by atoms with Crippen molar-refractivity contribution in [3.63, 3.8) is 0 Å². The Labute approximate surface area is 105 Å². The molecule has 18 heavy (non-hydrogen) atoms. The van der Waals surface area contributed by atoms with Crippen LogP contribution in [0.3, 0.4) is 0 Å². The predicted molar refractivity (Wildman–Crippen MR) is 63.3 cm³/mol. The molecular formula is C14H14O4. The predicted octanol–water partition coefficient (Wildman–Crippen LogP) is 1.83. The van der Waals surface area contributed by atoms with Crippen molar-refractivity contribution in [2.45, 2.75) is 12.8 Å². The number of rotatable bonds is 3. The Balaban J connectivity index is 1.63. The molecule has 3 atom stereocenters. The van der Waals surface area contributed by atoms with Crippen LogP contribution in [0, 0.1) is 17.8 Å². The Morgan fingerprint density at radius 3 is 2.44 bits per heavy atom. The number of esters is 1. The molecule has 0 spiro atoms. The van der Waals surface area contributed by atoms with Gasteiger partial charge in [0, 0.05) is 12.3 Å². The van der Waals surface area contributed by atoms with Crippen LogP contribution in [0.5, 0.6) is 11.5 Å². The second-order valence-corrected chi connectivity index (χ2v) is 4.82. The van der Waals surface area contributed by atoms with Gasteiger partial charge in [-0.05, 0) is 36.6 Å². The second kappa shape index (κ2) is 4.12. The number of ketones is 1. The summed E-state index contributed by atoms with van der Waals surface area (Å²) < 4.78 is 10.3. The highest BCUT2D eigenvalue weighted by molar-refractivity contribution is 5.95. The van der Waals surface area contributed by atoms with Crippen LogP contribution in [0.25, 0.3) is 0 Å². The zero-order valence-electron chi connectivity index (χ0n) is 10.1. The number of methoxy groups -OCH3 is 1. The number of Topliss-reactive ketones (excluding diaryl/α,β-unsaturated/α-hetero) is 1. The Morgan fingerprint density at radius 1 is 1.22 bits per heavy atom. The fourth-order valence-electron chi connectivity index (χ4n) is 2.80. The van der Waals surface area contributed by atoms with Crippen molar-refractivity contribution >= 4 is 11.8 Å². The number of carbonyl (C=O) groups excluding carboxylic acids is 2. The molecule has 0 N–H and O–H groups in total. The van der Waals surface area contributed by atoms with Gasteiger partial charge in [-0.15, -0.1) is 0 Å². The molecule has 0 bridgehead atoms. The summed E-state index contributed by atoms with van der Waals surface area (Å²) in [5.74, 6) is 1.14. The molecular weight excluding hydrogens is 232 g/mol. The zero-order valence-corrected chi connectivity index (χ0v) is 10.1. The highest BCUT2D eigenvalue weighted by Crippen LogP contribution is 2.55. The van der Waals surface area contributed by atoms with Crippen molar-refractivity contribution in [2.24, 2.45) is 17.8 Å². The third-order valence-corrected chi connectivity index (χ3v) is 3.81. The molecule has 1 aromatic carbocycles. The molecule has 0 radical (unpaired) electrons. The highest BCUT2D eigenvalue weighted by atomic mass is 16.5. The molecule has 4 heteroatoms. The first-order chi connectivity index (χ1) is 8.70. The summed E-state index contributed by atoms with van der Waals surface area (Å²) in [6.07, 6.45) is 1.47. The van der Waals surface area contributed by atoms with Crippen LogP contribution in [-0.2, 0) is 9.59 Å². The number of hydrogen-bond acceptors (Lipinski definition) is 4. The maximum absolute atomic E-state index is 11.9. The normalized spacial score (nSPS) is 28.7. The average molecular weight is 246 g/mol. The van der Waals surface area contributed by atoms with E-state index in [2.05, 4.69) is 0 Å². The first kappa shape index (κ1) is 11.3. The molecule has 0 aliphatic heterocycles. The van der Waals surface area contributed by atoms with Crippen LogP contribution < -0.4 is 9.47 Å². The largest absolute Gasteiger partial charge is 0.497 e. The molecule has 3 rings (SSSR count). The molecule has 0 heterocycles. The standard InChI is InChI=1S/C14H14O4/c1-17-8-2-4-9(5-3-8)18-14(16)13-10-6-7-11(15)12(10)13/h2-5,10,12-13H,6-7H2,1H3. The van der Waals surface area contributed by atoms with Crippen molar-refractivity contribution in [2.75, 3.05) is 7.11 Å². The molecule has 0 amide bonds. The van der Waals surface area contributed by atoms with Crippen LogP contribution in [0.15, 0.2) is 24.3 Å². The average Bonchev–Trinajstić information content (AvgIpc) is 3.01. The lowest BCUT2D eigenvalue weighted by atomic mass is 10.1. The number of ether oxygens (including phenoxy) is 2. The summed E-state index contributed by atoms with van der Waals surface area (Å²) in [7, 11) is 1.58. The molecule has 0 saturated heterocycles. The molecule has 1 aromatic rings. The first-order valence-electron chi connectivity index (χ1n) is 6.09. The van der Waals surface area contributed by atoms with E-state index in [-0.39, 0.29) is 29.5 Å². The Hall–Kier alpha value is -1.84. The van der Waals surface area contributed by atoms with E-state index in [9.17, 15) is 9.59 Å². The summed E-state index contributed by atoms with van der Waals surface area (Å²) in [6, 6.07) is 6.86. The van der Waals surface area contributed by atoms with Gasteiger partial charge < -0.3 is 9.47 Å². The van der Waals surface area contributed by atoms with Crippen molar-refractivity contribution in [3.05, 3.63) is 24.3 Å². The maximum Gasteiger partial charge on any atom is 0.315 e. The summed E-state index contributed by atoms with van der Waals surface area (Å²) >= 11 is 0. The van der Waals surface area contributed by atoms with Gasteiger partial charge in [-0.3, -0.25) is 9.59 Å². The third kappa shape index (κ3) is 1.78. The molecule has 2 saturated carbocycles. The fourth-order valence-corrected chi connectivity index (χ4v) is 2.80. The molecule has 94 valence electrons. The van der Waals surface area contributed by atoms with Crippen LogP contribution >= 0.6 is 0 Å². The Morgan fingerprint density at radius 2 is 1.89 bits per heavy atom. The van der Waals surface area contributed by atoms with E-state index in [1.165, 1.54) is 0 Å². The van der Waals surface area contributed by atoms with E-state index in [1.807, 2.05) is 0 Å². The molecule has 2 aliphatic rings. The highest BCUT2D eigenvalue weighted by Gasteiger charge is 2.62. The number of hydrogen-bond donors (Lipinski definition) is 0. The molecule has 0 aromatic heterocycles. The number of fused-ring (bicyclic) bond motifs is 1. The minimum Gasteiger partial charge on any atom is -0.497 e. The van der Waals surface area contributed by atoms with E-state index in [0.717, 1.165) is 6.42 Å². The molecule has 3 unspecified atom stereocenters. The number of benzene rings is 1. The minimum absolute atomic E-state index is 0.0595. The lowest BCUT2D eigenvalue weighted by Gasteiger charge is -2.06. The lowest BCUT2D eigenvalue weighted by Crippen LogP contribution is -2.15. The third-order valence-electron chi connectivity index (χ3n) is 3.81. The fraction of sp³-hybridized carbons (Fsp3) is 0.429. The minimum atomic E-state index is -0.275. The first-order valence-corrected chi connectivity index (χ1v) is 6.09. The van der Waals surface area contributed by atoms with Gasteiger partial charge in [0.15, 0.2) is 0 Å². The Kier molecular flexibility index (Phi) is 2.58. The lowest BCUT2D eigenvalue weighted by molar-refractivity contribution is -0.138. The van der Waals surface area contributed by atoms with Crippen molar-refractivity contribution in [3.8, 4) is 11.5 Å². The quantitative estimate of drug-likeness (QED) is 0.603. The van der Waals surface area contributed by atoms with Gasteiger partial charge in [0.25, 0.3) is 0 Å². The van der Waals surface area contributed by atoms with E-state index >= 15 is 0 Å². The van der Waals surface area contributed by atoms with Crippen LogP contribution in [0.2, 0.25) is 0 Å². The van der Waals surface area contributed by atoms with Gasteiger partial charge in [-0.1, -0.05) is 0 Å². The molecule has 4 nitrogen and oxygen atoms in total. The van der Waals surface area contributed by atoms with Gasteiger partial charge in [0.05, 0.1) is 13.0 Å². The monoisotopic (exact) mass is 246 g/mol. The summed E-state index contributed by atoms with van der Waals surface area (Å²) in [4.78, 5) is 23.3. The summed E-state index contributed by atoms with van der Waals surface area (Å²) in [5, 5.41) is 0. The summed E-state index contributed by atoms with van der Waals surface area (Å²) in [5.41, 5.74) is 0. The molecule has 2 aliphatic carbocycles. The molecule has 2 fully saturated rings. The van der Waals surface area contributed by atoms with E-state index in [1.54, 1.807) is 31.4 Å². The Bertz CT molecular complexity index is 491. The topological polar surface area (TPSA) is 52.6 Å². The van der Waals surface area contributed by atoms with Gasteiger partial charge in [-0.2, -0.15) is 0 Å². The van der Waals surface area contributed by atoms with Gasteiger partial charge >= 0.3 is 5.97 Å². The van der Waals surface area contributed by atoms with Gasteiger partial charge in [0.1, 0.15) is 17.3 Å². The maximum atomic E-state index is 11.9. The van der Waals surface area contributed by atoms with Gasteiger partial charge in [-0.25, -0.2) is 0 Å². The van der Waals surface area contributed by atoms with Crippen molar-refractivity contribution in [1.82, 2.24) is 0 Å². The van der Waals surface area contributed by atoms with Crippen LogP contribution in [-0.4, -0.2) is 18.9 Å². The van der Waals surface area contributed by atoms with Crippen LogP contribution in [0.1, 0.15) is 12.8 Å². The smallest absolute Gasteiger partial charge is 0.315 e. The van der Waals surface area contributed by atoms with Crippen molar-refractivity contribution < 1.29 is 19.1 Å². The van der Waals surface area contributed by atoms with Crippen LogP contribution in [0.4, 0.5) is 0 Å². The van der Waals surface area contributed by atoms with Gasteiger partial charge in [0.2, 0.25) is 0 Å². The van der Waals surface area contributed by atoms with E-state index in [0.29, 0.717) is 17.9 Å². The number of carbonyl (C=O) groups is 2.